The Balaban J connectivity index is 0.00000348. The van der Waals surface area contributed by atoms with E-state index < -0.39 is 0 Å². The van der Waals surface area contributed by atoms with Crippen molar-refractivity contribution >= 4 is 46.4 Å². The number of fused-ring (bicyclic) bond motifs is 8. The quantitative estimate of drug-likeness (QED) is 0.187. The first-order chi connectivity index (χ1) is 23.8. The molecule has 0 N–H and O–H groups in total. The fourth-order valence-electron chi connectivity index (χ4n) is 6.69. The third-order valence-corrected chi connectivity index (χ3v) is 8.86. The average molecular weight is 672 g/mol. The van der Waals surface area contributed by atoms with Crippen LogP contribution in [0.3, 0.4) is 0 Å². The van der Waals surface area contributed by atoms with Crippen LogP contribution in [0.4, 0.5) is 0 Å². The average Bonchev–Trinajstić information content (AvgIpc) is 3.98. The SMILES string of the molecule is C1=Cc2nc1c(-c1ccccc1)c1ccc([n-]1)c(-c1ccccc1)c1nc(c(-c3ccccc3)c3ccc([n-]3)c2-c2ccccc2)C=C1.[Co]. The van der Waals surface area contributed by atoms with Crippen LogP contribution in [0.25, 0.3) is 90.9 Å². The van der Waals surface area contributed by atoms with Gasteiger partial charge in [0.25, 0.3) is 0 Å². The first kappa shape index (κ1) is 30.3. The molecule has 0 atom stereocenters. The van der Waals surface area contributed by atoms with Crippen molar-refractivity contribution < 1.29 is 16.8 Å². The summed E-state index contributed by atoms with van der Waals surface area (Å²) in [6.45, 7) is 0. The molecule has 2 aliphatic heterocycles. The van der Waals surface area contributed by atoms with Crippen molar-refractivity contribution in [2.24, 2.45) is 0 Å². The first-order valence-corrected chi connectivity index (χ1v) is 16.1. The van der Waals surface area contributed by atoms with Crippen molar-refractivity contribution in [3.63, 3.8) is 0 Å². The van der Waals surface area contributed by atoms with Crippen LogP contribution >= 0.6 is 0 Å². The Bertz CT molecular complexity index is 2180. The van der Waals surface area contributed by atoms with E-state index in [2.05, 4.69) is 146 Å². The van der Waals surface area contributed by atoms with Crippen LogP contribution in [0, 0.1) is 0 Å². The molecule has 4 nitrogen and oxygen atoms in total. The number of nitrogens with zero attached hydrogens (tertiary/aromatic N) is 4. The van der Waals surface area contributed by atoms with E-state index in [1.165, 1.54) is 0 Å². The molecular weight excluding hydrogens is 643 g/mol. The van der Waals surface area contributed by atoms with Crippen LogP contribution < -0.4 is 9.97 Å². The minimum absolute atomic E-state index is 0. The van der Waals surface area contributed by atoms with Crippen LogP contribution in [-0.2, 0) is 16.8 Å². The molecular formula is C44H28CoN4-2. The Morgan fingerprint density at radius 3 is 0.735 bits per heavy atom. The third kappa shape index (κ3) is 5.55. The van der Waals surface area contributed by atoms with E-state index >= 15 is 0 Å². The summed E-state index contributed by atoms with van der Waals surface area (Å²) in [6.07, 6.45) is 8.41. The summed E-state index contributed by atoms with van der Waals surface area (Å²) in [4.78, 5) is 21.2. The first-order valence-electron chi connectivity index (χ1n) is 16.1. The molecule has 4 aromatic carbocycles. The van der Waals surface area contributed by atoms with E-state index in [0.29, 0.717) is 0 Å². The Kier molecular flexibility index (Phi) is 7.98. The Hall–Kier alpha value is -6.01. The van der Waals surface area contributed by atoms with Gasteiger partial charge in [0.05, 0.1) is 22.8 Å². The zero-order valence-electron chi connectivity index (χ0n) is 26.3. The van der Waals surface area contributed by atoms with E-state index in [-0.39, 0.29) is 16.8 Å². The molecule has 3 aromatic heterocycles. The second kappa shape index (κ2) is 12.9. The Morgan fingerprint density at radius 1 is 0.286 bits per heavy atom. The molecule has 5 heteroatoms. The van der Waals surface area contributed by atoms with Gasteiger partial charge in [0, 0.05) is 16.8 Å². The Morgan fingerprint density at radius 2 is 0.510 bits per heavy atom. The molecule has 235 valence electrons. The molecule has 5 heterocycles. The summed E-state index contributed by atoms with van der Waals surface area (Å²) in [5, 5.41) is 0. The van der Waals surface area contributed by atoms with Crippen LogP contribution in [-0.4, -0.2) is 9.97 Å². The van der Waals surface area contributed by atoms with Crippen LogP contribution in [0.15, 0.2) is 146 Å². The number of rotatable bonds is 4. The third-order valence-electron chi connectivity index (χ3n) is 8.86. The molecule has 9 rings (SSSR count). The van der Waals surface area contributed by atoms with Gasteiger partial charge in [-0.05, 0) is 68.8 Å². The van der Waals surface area contributed by atoms with Crippen LogP contribution in [0.2, 0.25) is 0 Å². The molecule has 8 bridgehead atoms. The van der Waals surface area contributed by atoms with E-state index in [1.54, 1.807) is 0 Å². The van der Waals surface area contributed by atoms with E-state index in [9.17, 15) is 0 Å². The smallest absolute Gasteiger partial charge is 0.0704 e. The molecule has 49 heavy (non-hydrogen) atoms. The number of aromatic nitrogens is 4. The van der Waals surface area contributed by atoms with Gasteiger partial charge in [0.15, 0.2) is 0 Å². The minimum atomic E-state index is 0. The fourth-order valence-corrected chi connectivity index (χ4v) is 6.69. The standard InChI is InChI=1S/C44H28N4.Co/c1-5-13-29(14-6-1)41-33-21-23-35(45-33)42(30-15-7-2-8-16-30)37-25-27-39(47-37)44(32-19-11-4-12-20-32)40-28-26-38(48-40)43(31-17-9-3-10-18-31)36-24-22-34(41)46-36;/h1-28H;/q-2;. The molecule has 7 aromatic rings. The largest absolute Gasteiger partial charge is 0.657 e. The maximum absolute atomic E-state index is 5.31. The van der Waals surface area contributed by atoms with Gasteiger partial charge in [-0.2, -0.15) is 0 Å². The predicted molar refractivity (Wildman–Crippen MR) is 199 cm³/mol. The van der Waals surface area contributed by atoms with Crippen molar-refractivity contribution in [3.05, 3.63) is 168 Å². The maximum Gasteiger partial charge on any atom is 0.0704 e. The second-order valence-electron chi connectivity index (χ2n) is 11.8. The van der Waals surface area contributed by atoms with Gasteiger partial charge in [0.1, 0.15) is 0 Å². The normalized spacial score (nSPS) is 11.8. The van der Waals surface area contributed by atoms with Crippen molar-refractivity contribution in [3.8, 4) is 44.5 Å². The molecule has 1 radical (unpaired) electrons. The van der Waals surface area contributed by atoms with Gasteiger partial charge in [-0.15, -0.1) is 22.1 Å². The predicted octanol–water partition coefficient (Wildman–Crippen LogP) is 10.6. The molecule has 0 saturated heterocycles. The van der Waals surface area contributed by atoms with E-state index in [0.717, 1.165) is 89.4 Å². The molecule has 0 amide bonds. The molecule has 0 fully saturated rings. The van der Waals surface area contributed by atoms with Crippen LogP contribution in [0.5, 0.6) is 0 Å². The fraction of sp³-hybridized carbons (Fsp3) is 0. The summed E-state index contributed by atoms with van der Waals surface area (Å²) < 4.78 is 0. The number of hydrogen-bond acceptors (Lipinski definition) is 2. The van der Waals surface area contributed by atoms with Crippen molar-refractivity contribution in [1.82, 2.24) is 19.9 Å². The van der Waals surface area contributed by atoms with Gasteiger partial charge in [0.2, 0.25) is 0 Å². The summed E-state index contributed by atoms with van der Waals surface area (Å²) in [7, 11) is 0. The minimum Gasteiger partial charge on any atom is -0.657 e. The summed E-state index contributed by atoms with van der Waals surface area (Å²) in [5.41, 5.74) is 15.0. The summed E-state index contributed by atoms with van der Waals surface area (Å²) in [5.74, 6) is 0. The van der Waals surface area contributed by atoms with Gasteiger partial charge >= 0.3 is 0 Å². The van der Waals surface area contributed by atoms with E-state index in [1.807, 2.05) is 24.3 Å². The van der Waals surface area contributed by atoms with Gasteiger partial charge < -0.3 is 9.97 Å². The van der Waals surface area contributed by atoms with Crippen molar-refractivity contribution in [2.45, 2.75) is 0 Å². The van der Waals surface area contributed by atoms with Gasteiger partial charge in [-0.3, -0.25) is 0 Å². The van der Waals surface area contributed by atoms with E-state index in [4.69, 9.17) is 19.9 Å². The second-order valence-corrected chi connectivity index (χ2v) is 11.8. The molecule has 2 aliphatic rings. The van der Waals surface area contributed by atoms with Crippen molar-refractivity contribution in [2.75, 3.05) is 0 Å². The summed E-state index contributed by atoms with van der Waals surface area (Å²) >= 11 is 0. The molecule has 0 saturated carbocycles. The van der Waals surface area contributed by atoms with Crippen molar-refractivity contribution in [1.29, 1.82) is 0 Å². The molecule has 0 aliphatic carbocycles. The zero-order valence-corrected chi connectivity index (χ0v) is 27.3. The maximum atomic E-state index is 5.31. The number of hydrogen-bond donors (Lipinski definition) is 0. The summed E-state index contributed by atoms with van der Waals surface area (Å²) in [6, 6.07) is 50.0. The Labute approximate surface area is 294 Å². The zero-order chi connectivity index (χ0) is 31.9. The molecule has 0 spiro atoms. The number of benzene rings is 4. The van der Waals surface area contributed by atoms with Gasteiger partial charge in [-0.25, -0.2) is 9.97 Å². The topological polar surface area (TPSA) is 54.0 Å². The van der Waals surface area contributed by atoms with Crippen LogP contribution in [0.1, 0.15) is 22.8 Å². The van der Waals surface area contributed by atoms with Gasteiger partial charge in [-0.1, -0.05) is 146 Å². The monoisotopic (exact) mass is 671 g/mol. The molecule has 0 unspecified atom stereocenters.